The summed E-state index contributed by atoms with van der Waals surface area (Å²) in [6, 6.07) is 12.9. The van der Waals surface area contributed by atoms with Gasteiger partial charge in [0.2, 0.25) is 0 Å². The average molecular weight is 456 g/mol. The van der Waals surface area contributed by atoms with E-state index in [1.54, 1.807) is 12.1 Å². The first-order chi connectivity index (χ1) is 15.8. The van der Waals surface area contributed by atoms with Crippen LogP contribution in [0.5, 0.6) is 17.5 Å². The Balaban J connectivity index is 1.99. The summed E-state index contributed by atoms with van der Waals surface area (Å²) in [5.74, 6) is -4.71. The predicted octanol–water partition coefficient (Wildman–Crippen LogP) is 4.26. The number of nitrogens with two attached hydrogens (primary N) is 1. The number of benzene rings is 2. The van der Waals surface area contributed by atoms with Crippen LogP contribution in [0.4, 0.5) is 8.78 Å². The zero-order valence-corrected chi connectivity index (χ0v) is 17.8. The number of halogens is 2. The average Bonchev–Trinajstić information content (AvgIpc) is 2.80. The molecular weight excluding hydrogens is 434 g/mol. The molecule has 0 aliphatic rings. The van der Waals surface area contributed by atoms with Crippen molar-refractivity contribution in [2.75, 3.05) is 0 Å². The molecule has 0 amide bonds. The van der Waals surface area contributed by atoms with E-state index in [1.165, 1.54) is 13.0 Å². The Morgan fingerprint density at radius 2 is 1.82 bits per heavy atom. The van der Waals surface area contributed by atoms with Crippen LogP contribution in [-0.2, 0) is 22.6 Å². The summed E-state index contributed by atoms with van der Waals surface area (Å²) < 4.78 is 39.2. The SMILES string of the molecule is CCC(Oc1nc(Oc2cc(CC=O)cc(-c3cccc(CN)c3)c2)c(F)cc1F)C(=O)O. The molecule has 7 nitrogen and oxygen atoms in total. The van der Waals surface area contributed by atoms with Crippen molar-refractivity contribution in [1.82, 2.24) is 4.98 Å². The Morgan fingerprint density at radius 1 is 1.09 bits per heavy atom. The normalized spacial score (nSPS) is 11.6. The summed E-state index contributed by atoms with van der Waals surface area (Å²) in [7, 11) is 0. The minimum absolute atomic E-state index is 0.0446. The van der Waals surface area contributed by atoms with E-state index in [-0.39, 0.29) is 18.6 Å². The molecule has 3 rings (SSSR count). The Labute approximate surface area is 188 Å². The Morgan fingerprint density at radius 3 is 2.48 bits per heavy atom. The van der Waals surface area contributed by atoms with Gasteiger partial charge in [-0.15, -0.1) is 0 Å². The topological polar surface area (TPSA) is 112 Å². The van der Waals surface area contributed by atoms with Crippen molar-refractivity contribution in [3.05, 3.63) is 71.3 Å². The molecule has 0 fully saturated rings. The summed E-state index contributed by atoms with van der Waals surface area (Å²) in [4.78, 5) is 26.0. The second-order valence-corrected chi connectivity index (χ2v) is 7.16. The largest absolute Gasteiger partial charge is 0.479 e. The summed E-state index contributed by atoms with van der Waals surface area (Å²) >= 11 is 0. The Bertz CT molecular complexity index is 1170. The third-order valence-electron chi connectivity index (χ3n) is 4.76. The predicted molar refractivity (Wildman–Crippen MR) is 116 cm³/mol. The smallest absolute Gasteiger partial charge is 0.344 e. The van der Waals surface area contributed by atoms with Crippen molar-refractivity contribution in [1.29, 1.82) is 0 Å². The second-order valence-electron chi connectivity index (χ2n) is 7.16. The van der Waals surface area contributed by atoms with Gasteiger partial charge in [-0.2, -0.15) is 4.98 Å². The van der Waals surface area contributed by atoms with Crippen LogP contribution in [0.3, 0.4) is 0 Å². The molecule has 33 heavy (non-hydrogen) atoms. The number of pyridine rings is 1. The number of hydrogen-bond donors (Lipinski definition) is 2. The van der Waals surface area contributed by atoms with Gasteiger partial charge < -0.3 is 25.1 Å². The molecule has 1 atom stereocenters. The zero-order valence-electron chi connectivity index (χ0n) is 17.8. The molecule has 0 aliphatic carbocycles. The summed E-state index contributed by atoms with van der Waals surface area (Å²) in [5, 5.41) is 9.12. The molecule has 1 heterocycles. The third-order valence-corrected chi connectivity index (χ3v) is 4.76. The number of carboxylic acids is 1. The van der Waals surface area contributed by atoms with Gasteiger partial charge in [-0.25, -0.2) is 13.6 Å². The van der Waals surface area contributed by atoms with Gasteiger partial charge in [-0.3, -0.25) is 0 Å². The van der Waals surface area contributed by atoms with Crippen molar-refractivity contribution in [3.63, 3.8) is 0 Å². The van der Waals surface area contributed by atoms with E-state index < -0.39 is 35.5 Å². The van der Waals surface area contributed by atoms with Crippen LogP contribution in [0, 0.1) is 11.6 Å². The molecule has 172 valence electrons. The molecule has 2 aromatic carbocycles. The highest BCUT2D eigenvalue weighted by Gasteiger charge is 2.22. The fourth-order valence-electron chi connectivity index (χ4n) is 3.12. The van der Waals surface area contributed by atoms with Gasteiger partial charge in [0.1, 0.15) is 12.0 Å². The van der Waals surface area contributed by atoms with E-state index in [4.69, 9.17) is 20.3 Å². The lowest BCUT2D eigenvalue weighted by molar-refractivity contribution is -0.145. The standard InChI is InChI=1S/C24H22F2N2O5/c1-2-21(24(30)31)33-23-20(26)12-19(25)22(28-23)32-18-10-14(6-7-29)8-17(11-18)16-5-3-4-15(9-16)13-27/h3-5,7-12,21H,2,6,13,27H2,1H3,(H,30,31). The maximum atomic E-state index is 14.4. The molecule has 3 N–H and O–H groups in total. The van der Waals surface area contributed by atoms with Crippen LogP contribution < -0.4 is 15.2 Å². The van der Waals surface area contributed by atoms with Gasteiger partial charge in [-0.05, 0) is 46.9 Å². The maximum absolute atomic E-state index is 14.4. The minimum atomic E-state index is -1.36. The lowest BCUT2D eigenvalue weighted by Crippen LogP contribution is -2.26. The third kappa shape index (κ3) is 5.89. The quantitative estimate of drug-likeness (QED) is 0.439. The van der Waals surface area contributed by atoms with Crippen molar-refractivity contribution in [2.45, 2.75) is 32.4 Å². The lowest BCUT2D eigenvalue weighted by Gasteiger charge is -2.15. The van der Waals surface area contributed by atoms with Gasteiger partial charge in [0.05, 0.1) is 0 Å². The minimum Gasteiger partial charge on any atom is -0.479 e. The van der Waals surface area contributed by atoms with Gasteiger partial charge in [0, 0.05) is 19.0 Å². The number of aldehydes is 1. The van der Waals surface area contributed by atoms with E-state index in [0.717, 1.165) is 17.4 Å². The number of carbonyl (C=O) groups excluding carboxylic acids is 1. The molecule has 0 saturated carbocycles. The van der Waals surface area contributed by atoms with Gasteiger partial charge in [0.15, 0.2) is 17.7 Å². The van der Waals surface area contributed by atoms with Gasteiger partial charge in [0.25, 0.3) is 11.8 Å². The molecule has 1 unspecified atom stereocenters. The highest BCUT2D eigenvalue weighted by atomic mass is 19.1. The summed E-state index contributed by atoms with van der Waals surface area (Å²) in [6.45, 7) is 1.88. The van der Waals surface area contributed by atoms with Crippen LogP contribution in [-0.4, -0.2) is 28.4 Å². The Kier molecular flexibility index (Phi) is 7.68. The van der Waals surface area contributed by atoms with E-state index in [1.807, 2.05) is 24.3 Å². The molecule has 0 radical (unpaired) electrons. The monoisotopic (exact) mass is 456 g/mol. The number of aliphatic carboxylic acids is 1. The van der Waals surface area contributed by atoms with Crippen LogP contribution in [0.25, 0.3) is 11.1 Å². The molecule has 1 aromatic heterocycles. The molecule has 9 heteroatoms. The highest BCUT2D eigenvalue weighted by Crippen LogP contribution is 2.32. The van der Waals surface area contributed by atoms with Crippen molar-refractivity contribution in [3.8, 4) is 28.6 Å². The number of aromatic nitrogens is 1. The van der Waals surface area contributed by atoms with Crippen molar-refractivity contribution in [2.24, 2.45) is 5.73 Å². The second kappa shape index (κ2) is 10.6. The summed E-state index contributed by atoms with van der Waals surface area (Å²) in [6.07, 6.45) is -0.505. The van der Waals surface area contributed by atoms with Crippen LogP contribution in [0.2, 0.25) is 0 Å². The molecule has 0 bridgehead atoms. The maximum Gasteiger partial charge on any atom is 0.344 e. The van der Waals surface area contributed by atoms with Crippen molar-refractivity contribution >= 4 is 12.3 Å². The van der Waals surface area contributed by atoms with Gasteiger partial charge in [-0.1, -0.05) is 31.2 Å². The van der Waals surface area contributed by atoms with E-state index in [2.05, 4.69) is 4.98 Å². The fourth-order valence-corrected chi connectivity index (χ4v) is 3.12. The number of rotatable bonds is 10. The number of carbonyl (C=O) groups is 2. The fraction of sp³-hybridized carbons (Fsp3) is 0.208. The van der Waals surface area contributed by atoms with Gasteiger partial charge >= 0.3 is 5.97 Å². The highest BCUT2D eigenvalue weighted by molar-refractivity contribution is 5.72. The number of hydrogen-bond acceptors (Lipinski definition) is 6. The van der Waals surface area contributed by atoms with E-state index >= 15 is 0 Å². The van der Waals surface area contributed by atoms with E-state index in [9.17, 15) is 18.4 Å². The number of ether oxygens (including phenoxy) is 2. The molecule has 3 aromatic rings. The van der Waals surface area contributed by atoms with Crippen LogP contribution in [0.15, 0.2) is 48.5 Å². The zero-order chi connectivity index (χ0) is 24.0. The molecular formula is C24H22F2N2O5. The Hall–Kier alpha value is -3.85. The number of nitrogens with zero attached hydrogens (tertiary/aromatic N) is 1. The first-order valence-electron chi connectivity index (χ1n) is 10.1. The van der Waals surface area contributed by atoms with Crippen molar-refractivity contribution < 1.29 is 33.0 Å². The first kappa shape index (κ1) is 23.8. The molecule has 0 spiro atoms. The van der Waals surface area contributed by atoms with E-state index in [0.29, 0.717) is 23.7 Å². The molecule has 0 saturated heterocycles. The summed E-state index contributed by atoms with van der Waals surface area (Å²) in [5.41, 5.74) is 8.71. The number of carboxylic acid groups (broad SMARTS) is 1. The first-order valence-corrected chi connectivity index (χ1v) is 10.1. The van der Waals surface area contributed by atoms with Crippen LogP contribution in [0.1, 0.15) is 24.5 Å². The molecule has 0 aliphatic heterocycles. The van der Waals surface area contributed by atoms with Crippen LogP contribution >= 0.6 is 0 Å². The lowest BCUT2D eigenvalue weighted by atomic mass is 9.99.